The van der Waals surface area contributed by atoms with E-state index in [9.17, 15) is 0 Å². The van der Waals surface area contributed by atoms with Crippen molar-refractivity contribution in [3.63, 3.8) is 0 Å². The Morgan fingerprint density at radius 1 is 0.358 bits per heavy atom. The highest BCUT2D eigenvalue weighted by Crippen LogP contribution is 2.39. The quantitative estimate of drug-likeness (QED) is 0.166. The zero-order valence-electron chi connectivity index (χ0n) is 30.1. The van der Waals surface area contributed by atoms with Crippen molar-refractivity contribution >= 4 is 83.5 Å². The highest BCUT2D eigenvalue weighted by Gasteiger charge is 2.23. The summed E-state index contributed by atoms with van der Waals surface area (Å²) in [5, 5.41) is 5.12. The van der Waals surface area contributed by atoms with Crippen molar-refractivity contribution in [3.8, 4) is 44.8 Å². The fourth-order valence-electron chi connectivity index (χ4n) is 8.80. The third kappa shape index (κ3) is 4.84. The highest BCUT2D eigenvalue weighted by molar-refractivity contribution is 6.60. The van der Waals surface area contributed by atoms with Gasteiger partial charge in [-0.2, -0.15) is 0 Å². The molecule has 10 aromatic rings. The van der Waals surface area contributed by atoms with Gasteiger partial charge in [0.2, 0.25) is 0 Å². The molecule has 0 N–H and O–H groups in total. The summed E-state index contributed by atoms with van der Waals surface area (Å²) in [6.07, 6.45) is 0. The van der Waals surface area contributed by atoms with E-state index < -0.39 is 0 Å². The van der Waals surface area contributed by atoms with Gasteiger partial charge in [-0.25, -0.2) is 0 Å². The molecule has 2 heterocycles. The standard InChI is InChI=1S/C48H35B3N2/c49-45-43(33-25-27-42-38(29-33)37-28-32(30-14-4-1-5-15-30)24-26-41(37)52(42)34-18-8-3-9-19-34)46(50)47(51)48-44(45)36-21-11-13-23-40(36)53(48)39-22-12-10-20-35(39)31-16-6-2-7-17-31/h1-29H,49-51H2. The van der Waals surface area contributed by atoms with Crippen LogP contribution >= 0.6 is 0 Å². The average Bonchev–Trinajstić information content (AvgIpc) is 3.74. The molecule has 246 valence electrons. The first kappa shape index (κ1) is 31.3. The summed E-state index contributed by atoms with van der Waals surface area (Å²) >= 11 is 0. The van der Waals surface area contributed by atoms with E-state index in [0.717, 1.165) is 0 Å². The molecule has 0 saturated heterocycles. The van der Waals surface area contributed by atoms with Gasteiger partial charge in [-0.05, 0) is 76.3 Å². The number of benzene rings is 8. The van der Waals surface area contributed by atoms with Crippen LogP contribution in [0.3, 0.4) is 0 Å². The van der Waals surface area contributed by atoms with Gasteiger partial charge >= 0.3 is 0 Å². The van der Waals surface area contributed by atoms with Crippen LogP contribution in [0.25, 0.3) is 88.4 Å². The van der Waals surface area contributed by atoms with E-state index in [1.54, 1.807) is 0 Å². The predicted molar refractivity (Wildman–Crippen MR) is 236 cm³/mol. The molecule has 0 bridgehead atoms. The number of fused-ring (bicyclic) bond motifs is 6. The molecule has 0 atom stereocenters. The van der Waals surface area contributed by atoms with Gasteiger partial charge in [-0.1, -0.05) is 144 Å². The molecular formula is C48H35B3N2. The van der Waals surface area contributed by atoms with Crippen molar-refractivity contribution in [2.45, 2.75) is 0 Å². The molecule has 0 aliphatic rings. The van der Waals surface area contributed by atoms with Crippen molar-refractivity contribution in [2.24, 2.45) is 0 Å². The van der Waals surface area contributed by atoms with E-state index in [2.05, 4.69) is 209 Å². The average molecular weight is 672 g/mol. The van der Waals surface area contributed by atoms with Gasteiger partial charge in [-0.3, -0.25) is 0 Å². The van der Waals surface area contributed by atoms with Gasteiger partial charge in [-0.15, -0.1) is 0 Å². The minimum atomic E-state index is 1.17. The molecule has 0 unspecified atom stereocenters. The Kier molecular flexibility index (Phi) is 7.30. The van der Waals surface area contributed by atoms with Crippen molar-refractivity contribution in [1.82, 2.24) is 9.13 Å². The molecule has 5 heteroatoms. The van der Waals surface area contributed by atoms with Crippen LogP contribution < -0.4 is 16.4 Å². The second kappa shape index (κ2) is 12.4. The first-order chi connectivity index (χ1) is 26.1. The Bertz CT molecular complexity index is 3020. The lowest BCUT2D eigenvalue weighted by molar-refractivity contribution is 1.18. The number of nitrogens with zero attached hydrogens (tertiary/aromatic N) is 2. The maximum atomic E-state index is 2.51. The lowest BCUT2D eigenvalue weighted by Crippen LogP contribution is -2.35. The second-order valence-corrected chi connectivity index (χ2v) is 14.2. The van der Waals surface area contributed by atoms with Crippen LogP contribution in [0.1, 0.15) is 0 Å². The number of aromatic nitrogens is 2. The summed E-state index contributed by atoms with van der Waals surface area (Å²) in [7, 11) is 6.95. The topological polar surface area (TPSA) is 9.86 Å². The van der Waals surface area contributed by atoms with Crippen LogP contribution in [0.15, 0.2) is 176 Å². The summed E-state index contributed by atoms with van der Waals surface area (Å²) in [6.45, 7) is 0. The normalized spacial score (nSPS) is 11.6. The summed E-state index contributed by atoms with van der Waals surface area (Å²) in [5.41, 5.74) is 18.7. The van der Waals surface area contributed by atoms with Crippen LogP contribution in [0.2, 0.25) is 0 Å². The minimum absolute atomic E-state index is 1.17. The summed E-state index contributed by atoms with van der Waals surface area (Å²) < 4.78 is 4.92. The van der Waals surface area contributed by atoms with E-state index >= 15 is 0 Å². The molecule has 0 spiro atoms. The van der Waals surface area contributed by atoms with Crippen molar-refractivity contribution in [3.05, 3.63) is 176 Å². The first-order valence-electron chi connectivity index (χ1n) is 18.5. The van der Waals surface area contributed by atoms with Gasteiger partial charge in [0.15, 0.2) is 0 Å². The van der Waals surface area contributed by atoms with Crippen molar-refractivity contribution in [1.29, 1.82) is 0 Å². The molecular weight excluding hydrogens is 637 g/mol. The molecule has 10 rings (SSSR count). The van der Waals surface area contributed by atoms with Crippen LogP contribution in [0.5, 0.6) is 0 Å². The molecule has 2 nitrogen and oxygen atoms in total. The molecule has 53 heavy (non-hydrogen) atoms. The zero-order chi connectivity index (χ0) is 35.6. The number of para-hydroxylation sites is 3. The third-order valence-electron chi connectivity index (χ3n) is 11.3. The van der Waals surface area contributed by atoms with Gasteiger partial charge in [0.1, 0.15) is 23.5 Å². The summed E-state index contributed by atoms with van der Waals surface area (Å²) in [6, 6.07) is 64.0. The molecule has 2 aromatic heterocycles. The van der Waals surface area contributed by atoms with Crippen molar-refractivity contribution < 1.29 is 0 Å². The second-order valence-electron chi connectivity index (χ2n) is 14.2. The van der Waals surface area contributed by atoms with Gasteiger partial charge in [0.25, 0.3) is 0 Å². The maximum Gasteiger partial charge on any atom is 0.141 e. The van der Waals surface area contributed by atoms with Crippen LogP contribution in [0, 0.1) is 0 Å². The number of rotatable bonds is 5. The predicted octanol–water partition coefficient (Wildman–Crippen LogP) is 7.66. The largest absolute Gasteiger partial charge is 0.309 e. The van der Waals surface area contributed by atoms with Gasteiger partial charge < -0.3 is 9.13 Å². The van der Waals surface area contributed by atoms with Gasteiger partial charge in [0, 0.05) is 38.3 Å². The lowest BCUT2D eigenvalue weighted by Gasteiger charge is -2.20. The first-order valence-corrected chi connectivity index (χ1v) is 18.5. The van der Waals surface area contributed by atoms with Crippen LogP contribution in [-0.4, -0.2) is 32.7 Å². The highest BCUT2D eigenvalue weighted by atomic mass is 15.0. The molecule has 0 fully saturated rings. The molecule has 0 aliphatic carbocycles. The van der Waals surface area contributed by atoms with E-state index in [1.807, 2.05) is 0 Å². The van der Waals surface area contributed by atoms with E-state index in [4.69, 9.17) is 0 Å². The molecule has 0 amide bonds. The SMILES string of the molecule is Bc1c(-c2ccc3c(c2)c2cc(-c4ccccc4)ccc2n3-c2ccccc2)c(B)c2c3ccccc3n(-c3ccccc3-c3ccccc3)c2c1B. The van der Waals surface area contributed by atoms with E-state index in [0.29, 0.717) is 0 Å². The zero-order valence-corrected chi connectivity index (χ0v) is 30.1. The lowest BCUT2D eigenvalue weighted by atomic mass is 9.69. The van der Waals surface area contributed by atoms with E-state index in [-0.39, 0.29) is 0 Å². The van der Waals surface area contributed by atoms with E-state index in [1.165, 1.54) is 105 Å². The fraction of sp³-hybridized carbons (Fsp3) is 0. The molecule has 0 aliphatic heterocycles. The molecule has 8 aromatic carbocycles. The Balaban J connectivity index is 1.25. The molecule has 0 radical (unpaired) electrons. The number of hydrogen-bond acceptors (Lipinski definition) is 0. The third-order valence-corrected chi connectivity index (χ3v) is 11.3. The molecule has 0 saturated carbocycles. The van der Waals surface area contributed by atoms with Gasteiger partial charge in [0.05, 0.1) is 22.2 Å². The number of hydrogen-bond donors (Lipinski definition) is 0. The summed E-state index contributed by atoms with van der Waals surface area (Å²) in [5.74, 6) is 0. The Morgan fingerprint density at radius 3 is 1.62 bits per heavy atom. The van der Waals surface area contributed by atoms with Crippen molar-refractivity contribution in [2.75, 3.05) is 0 Å². The maximum absolute atomic E-state index is 2.51. The monoisotopic (exact) mass is 672 g/mol. The Labute approximate surface area is 312 Å². The minimum Gasteiger partial charge on any atom is -0.309 e. The smallest absolute Gasteiger partial charge is 0.141 e. The Morgan fingerprint density at radius 2 is 0.906 bits per heavy atom. The fourth-order valence-corrected chi connectivity index (χ4v) is 8.80. The Hall–Kier alpha value is -6.45. The van der Waals surface area contributed by atoms with Crippen LogP contribution in [0.4, 0.5) is 0 Å². The van der Waals surface area contributed by atoms with Crippen LogP contribution in [-0.2, 0) is 0 Å². The summed E-state index contributed by atoms with van der Waals surface area (Å²) in [4.78, 5) is 0.